The second-order valence-corrected chi connectivity index (χ2v) is 17.7. The van der Waals surface area contributed by atoms with Gasteiger partial charge in [-0.05, 0) is 77.0 Å². The van der Waals surface area contributed by atoms with E-state index in [0.29, 0.717) is 19.3 Å². The molecule has 6 heteroatoms. The number of aliphatic hydroxyl groups is 2. The van der Waals surface area contributed by atoms with Crippen LogP contribution in [0.3, 0.4) is 0 Å². The fraction of sp³-hybridized carbons (Fsp3) is 0.719. The lowest BCUT2D eigenvalue weighted by atomic mass is 10.0. The molecule has 3 unspecified atom stereocenters. The molecular formula is C57H99NO5. The largest absolute Gasteiger partial charge is 0.462 e. The number of unbranched alkanes of at least 4 members (excludes halogenated alkanes) is 24. The molecule has 3 N–H and O–H groups in total. The summed E-state index contributed by atoms with van der Waals surface area (Å²) < 4.78 is 5.93. The first kappa shape index (κ1) is 60.0. The molecule has 0 saturated carbocycles. The minimum atomic E-state index is -0.800. The summed E-state index contributed by atoms with van der Waals surface area (Å²) in [7, 11) is 0. The maximum absolute atomic E-state index is 13.2. The number of rotatable bonds is 46. The van der Waals surface area contributed by atoms with Gasteiger partial charge in [-0.15, -0.1) is 0 Å². The first-order valence-electron chi connectivity index (χ1n) is 26.4. The molecule has 3 atom stereocenters. The van der Waals surface area contributed by atoms with Crippen molar-refractivity contribution < 1.29 is 24.5 Å². The average molecular weight is 878 g/mol. The summed E-state index contributed by atoms with van der Waals surface area (Å²) in [6.45, 7) is 6.35. The Kier molecular flexibility index (Phi) is 47.7. The first-order valence-corrected chi connectivity index (χ1v) is 26.4. The average Bonchev–Trinajstić information content (AvgIpc) is 3.28. The normalized spacial score (nSPS) is 13.9. The molecule has 0 heterocycles. The fourth-order valence-electron chi connectivity index (χ4n) is 7.55. The molecule has 0 aromatic rings. The minimum absolute atomic E-state index is 0.0536. The van der Waals surface area contributed by atoms with Gasteiger partial charge in [0.15, 0.2) is 0 Å². The third-order valence-corrected chi connectivity index (χ3v) is 11.6. The Morgan fingerprint density at radius 2 is 0.905 bits per heavy atom. The van der Waals surface area contributed by atoms with Gasteiger partial charge in [0.05, 0.1) is 25.2 Å². The first-order chi connectivity index (χ1) is 31.0. The number of hydrogen-bond donors (Lipinski definition) is 3. The number of nitrogens with one attached hydrogen (secondary N) is 1. The van der Waals surface area contributed by atoms with Crippen LogP contribution >= 0.6 is 0 Å². The monoisotopic (exact) mass is 878 g/mol. The second kappa shape index (κ2) is 50.0. The van der Waals surface area contributed by atoms with Crippen LogP contribution in [0.2, 0.25) is 0 Å². The molecule has 0 aromatic carbocycles. The molecule has 0 aliphatic carbocycles. The van der Waals surface area contributed by atoms with Crippen LogP contribution in [-0.4, -0.2) is 46.9 Å². The van der Waals surface area contributed by atoms with Crippen molar-refractivity contribution in [1.82, 2.24) is 5.32 Å². The summed E-state index contributed by atoms with van der Waals surface area (Å²) in [4.78, 5) is 26.2. The lowest BCUT2D eigenvalue weighted by Gasteiger charge is -2.24. The van der Waals surface area contributed by atoms with Crippen LogP contribution < -0.4 is 5.32 Å². The molecule has 0 saturated heterocycles. The van der Waals surface area contributed by atoms with Gasteiger partial charge in [-0.1, -0.05) is 234 Å². The molecule has 0 bridgehead atoms. The highest BCUT2D eigenvalue weighted by atomic mass is 16.5. The number of carbonyl (C=O) groups excluding carboxylic acids is 2. The van der Waals surface area contributed by atoms with Gasteiger partial charge in [0.2, 0.25) is 5.91 Å². The zero-order valence-electron chi connectivity index (χ0n) is 41.2. The smallest absolute Gasteiger partial charge is 0.306 e. The van der Waals surface area contributed by atoms with E-state index in [9.17, 15) is 19.8 Å². The highest BCUT2D eigenvalue weighted by Crippen LogP contribution is 2.17. The van der Waals surface area contributed by atoms with Gasteiger partial charge in [0.25, 0.3) is 0 Å². The third-order valence-electron chi connectivity index (χ3n) is 11.6. The van der Waals surface area contributed by atoms with Gasteiger partial charge in [-0.25, -0.2) is 0 Å². The van der Waals surface area contributed by atoms with Gasteiger partial charge in [-0.3, -0.25) is 9.59 Å². The molecular weight excluding hydrogens is 779 g/mol. The molecule has 0 fully saturated rings. The molecule has 0 aromatic heterocycles. The molecule has 0 radical (unpaired) electrons. The zero-order chi connectivity index (χ0) is 45.9. The molecule has 0 aliphatic rings. The number of aliphatic hydroxyl groups excluding tert-OH is 2. The van der Waals surface area contributed by atoms with Crippen molar-refractivity contribution in [2.75, 3.05) is 6.61 Å². The van der Waals surface area contributed by atoms with Crippen molar-refractivity contribution in [3.63, 3.8) is 0 Å². The molecule has 6 nitrogen and oxygen atoms in total. The number of ether oxygens (including phenoxy) is 1. The number of hydrogen-bond acceptors (Lipinski definition) is 5. The van der Waals surface area contributed by atoms with E-state index in [2.05, 4.69) is 86.8 Å². The van der Waals surface area contributed by atoms with Crippen LogP contribution in [0, 0.1) is 0 Å². The quantitative estimate of drug-likeness (QED) is 0.0245. The Morgan fingerprint density at radius 3 is 1.44 bits per heavy atom. The van der Waals surface area contributed by atoms with Crippen molar-refractivity contribution >= 4 is 11.9 Å². The van der Waals surface area contributed by atoms with Crippen LogP contribution in [0.4, 0.5) is 0 Å². The van der Waals surface area contributed by atoms with Crippen molar-refractivity contribution in [3.8, 4) is 0 Å². The molecule has 362 valence electrons. The lowest BCUT2D eigenvalue weighted by Crippen LogP contribution is -2.46. The Morgan fingerprint density at radius 1 is 0.476 bits per heavy atom. The van der Waals surface area contributed by atoms with Gasteiger partial charge >= 0.3 is 5.97 Å². The topological polar surface area (TPSA) is 95.9 Å². The van der Waals surface area contributed by atoms with E-state index in [1.165, 1.54) is 89.9 Å². The summed E-state index contributed by atoms with van der Waals surface area (Å²) >= 11 is 0. The van der Waals surface area contributed by atoms with Crippen molar-refractivity contribution in [1.29, 1.82) is 0 Å². The fourth-order valence-corrected chi connectivity index (χ4v) is 7.55. The Bertz CT molecular complexity index is 1210. The van der Waals surface area contributed by atoms with E-state index in [1.54, 1.807) is 0 Å². The summed E-state index contributed by atoms with van der Waals surface area (Å²) in [5.74, 6) is -0.519. The molecule has 63 heavy (non-hydrogen) atoms. The van der Waals surface area contributed by atoms with E-state index in [-0.39, 0.29) is 24.9 Å². The van der Waals surface area contributed by atoms with Gasteiger partial charge in [0.1, 0.15) is 6.10 Å². The summed E-state index contributed by atoms with van der Waals surface area (Å²) in [5.41, 5.74) is 0. The summed E-state index contributed by atoms with van der Waals surface area (Å²) in [5, 5.41) is 23.8. The van der Waals surface area contributed by atoms with Gasteiger partial charge < -0.3 is 20.3 Å². The van der Waals surface area contributed by atoms with E-state index in [4.69, 9.17) is 4.74 Å². The van der Waals surface area contributed by atoms with Crippen molar-refractivity contribution in [3.05, 3.63) is 85.1 Å². The van der Waals surface area contributed by atoms with Gasteiger partial charge in [-0.2, -0.15) is 0 Å². The van der Waals surface area contributed by atoms with E-state index < -0.39 is 18.2 Å². The van der Waals surface area contributed by atoms with Crippen LogP contribution in [0.25, 0.3) is 0 Å². The second-order valence-electron chi connectivity index (χ2n) is 17.7. The number of amides is 1. The predicted molar refractivity (Wildman–Crippen MR) is 273 cm³/mol. The van der Waals surface area contributed by atoms with Crippen molar-refractivity contribution in [2.24, 2.45) is 0 Å². The standard InChI is InChI=1S/C57H99NO5/c1-4-7-10-13-16-19-22-24-26-27-28-30-32-35-38-41-44-47-50-57(62)63-53(48-45-42-39-36-34-31-29-25-23-20-17-14-11-8-5-2)51-56(61)58-54(52-59)55(60)49-46-43-40-37-33-21-18-15-12-9-6-3/h10,13,16-17,19-20,22,24-30,53-55,59-60H,4-9,11-12,14-15,18,21,23,31-52H2,1-3H3,(H,58,61)/b13-10+,19-16+,20-17-,24-22+,27-26+,29-25-,30-28+. The van der Waals surface area contributed by atoms with E-state index in [1.807, 2.05) is 24.3 Å². The van der Waals surface area contributed by atoms with Crippen LogP contribution in [0.15, 0.2) is 85.1 Å². The van der Waals surface area contributed by atoms with Crippen LogP contribution in [0.5, 0.6) is 0 Å². The maximum atomic E-state index is 13.2. The highest BCUT2D eigenvalue weighted by molar-refractivity contribution is 5.77. The number of carbonyl (C=O) groups is 2. The molecule has 0 rings (SSSR count). The zero-order valence-corrected chi connectivity index (χ0v) is 41.2. The summed E-state index contributed by atoms with van der Waals surface area (Å²) in [6.07, 6.45) is 64.9. The Labute approximate surface area is 389 Å². The molecule has 1 amide bonds. The minimum Gasteiger partial charge on any atom is -0.462 e. The predicted octanol–water partition coefficient (Wildman–Crippen LogP) is 16.0. The van der Waals surface area contributed by atoms with Gasteiger partial charge in [0, 0.05) is 6.42 Å². The van der Waals surface area contributed by atoms with Crippen molar-refractivity contribution in [2.45, 2.75) is 257 Å². The number of allylic oxidation sites excluding steroid dienone is 14. The Balaban J connectivity index is 4.68. The number of esters is 1. The lowest BCUT2D eigenvalue weighted by molar-refractivity contribution is -0.151. The van der Waals surface area contributed by atoms with Crippen LogP contribution in [-0.2, 0) is 14.3 Å². The summed E-state index contributed by atoms with van der Waals surface area (Å²) in [6, 6.07) is -0.715. The SMILES string of the molecule is CCC/C=C/C=C/C=C/C=C/C=C/CCCCCCCC(=O)OC(CCCCCCC/C=C\C/C=C\CCCCC)CC(=O)NC(CO)C(O)CCCCCCCCCCCCC. The van der Waals surface area contributed by atoms with E-state index >= 15 is 0 Å². The van der Waals surface area contributed by atoms with Crippen LogP contribution in [0.1, 0.15) is 239 Å². The maximum Gasteiger partial charge on any atom is 0.306 e. The molecule has 0 aliphatic heterocycles. The van der Waals surface area contributed by atoms with E-state index in [0.717, 1.165) is 103 Å². The third kappa shape index (κ3) is 45.4. The molecule has 0 spiro atoms. The Hall–Kier alpha value is -2.96. The highest BCUT2D eigenvalue weighted by Gasteiger charge is 2.24.